The van der Waals surface area contributed by atoms with E-state index in [1.807, 2.05) is 29.2 Å². The average Bonchev–Trinajstić information content (AvgIpc) is 3.09. The van der Waals surface area contributed by atoms with Crippen LogP contribution in [-0.4, -0.2) is 55.2 Å². The van der Waals surface area contributed by atoms with Crippen LogP contribution in [-0.2, 0) is 5.75 Å². The van der Waals surface area contributed by atoms with Gasteiger partial charge in [0, 0.05) is 35.8 Å². The molecule has 0 unspecified atom stereocenters. The van der Waals surface area contributed by atoms with Gasteiger partial charge in [0.05, 0.1) is 0 Å². The van der Waals surface area contributed by atoms with Gasteiger partial charge in [-0.05, 0) is 32.3 Å². The number of likely N-dealkylation sites (N-methyl/N-ethyl adjacent to an activating group) is 1. The van der Waals surface area contributed by atoms with E-state index >= 15 is 0 Å². The highest BCUT2D eigenvalue weighted by Crippen LogP contribution is 2.31. The second-order valence-corrected chi connectivity index (χ2v) is 7.42. The summed E-state index contributed by atoms with van der Waals surface area (Å²) < 4.78 is 5.94. The summed E-state index contributed by atoms with van der Waals surface area (Å²) in [5.41, 5.74) is 1.83. The minimum absolute atomic E-state index is 0.0291. The zero-order valence-corrected chi connectivity index (χ0v) is 15.0. The van der Waals surface area contributed by atoms with Gasteiger partial charge in [-0.1, -0.05) is 25.1 Å². The largest absolute Gasteiger partial charge is 0.451 e. The second-order valence-electron chi connectivity index (χ2n) is 6.56. The normalized spacial score (nSPS) is 21.5. The highest BCUT2D eigenvalue weighted by molar-refractivity contribution is 7.97. The first-order valence-corrected chi connectivity index (χ1v) is 9.37. The van der Waals surface area contributed by atoms with Crippen LogP contribution in [0.2, 0.25) is 0 Å². The van der Waals surface area contributed by atoms with Gasteiger partial charge >= 0.3 is 0 Å². The maximum Gasteiger partial charge on any atom is 0.289 e. The van der Waals surface area contributed by atoms with E-state index in [1.54, 1.807) is 11.8 Å². The van der Waals surface area contributed by atoms with Crippen molar-refractivity contribution in [2.75, 3.05) is 33.4 Å². The van der Waals surface area contributed by atoms with Crippen LogP contribution in [0.1, 0.15) is 23.0 Å². The molecule has 1 aromatic heterocycles. The number of benzene rings is 1. The second kappa shape index (κ2) is 6.57. The van der Waals surface area contributed by atoms with Crippen molar-refractivity contribution in [1.29, 1.82) is 0 Å². The average molecular weight is 332 g/mol. The summed E-state index contributed by atoms with van der Waals surface area (Å²) in [5.74, 6) is 1.81. The molecule has 0 spiro atoms. The molecule has 0 N–H and O–H groups in total. The molecule has 1 fully saturated rings. The highest BCUT2D eigenvalue weighted by Gasteiger charge is 2.36. The topological polar surface area (TPSA) is 36.7 Å². The van der Waals surface area contributed by atoms with Crippen LogP contribution >= 0.6 is 11.8 Å². The number of carbonyl (C=O) groups is 1. The Morgan fingerprint density at radius 3 is 2.74 bits per heavy atom. The molecule has 0 saturated carbocycles. The molecule has 1 aliphatic rings. The molecule has 0 radical (unpaired) electrons. The van der Waals surface area contributed by atoms with Crippen LogP contribution in [0.3, 0.4) is 0 Å². The Balaban J connectivity index is 1.94. The lowest BCUT2D eigenvalue weighted by Crippen LogP contribution is -2.35. The van der Waals surface area contributed by atoms with Crippen molar-refractivity contribution in [1.82, 2.24) is 9.80 Å². The molecule has 0 aliphatic carbocycles. The van der Waals surface area contributed by atoms with Crippen molar-refractivity contribution in [2.24, 2.45) is 5.92 Å². The van der Waals surface area contributed by atoms with Crippen LogP contribution in [0.15, 0.2) is 28.7 Å². The number of nitrogens with zero attached hydrogens (tertiary/aromatic N) is 2. The number of amides is 1. The SMILES string of the molecule is CSCc1c(C(=O)N2C[C@H](C)[C@@H](N(C)C)C2)oc2ccccc12. The van der Waals surface area contributed by atoms with Crippen molar-refractivity contribution in [3.8, 4) is 0 Å². The maximum absolute atomic E-state index is 13.0. The lowest BCUT2D eigenvalue weighted by molar-refractivity contribution is 0.0751. The van der Waals surface area contributed by atoms with Gasteiger partial charge in [-0.15, -0.1) is 0 Å². The standard InChI is InChI=1S/C18H24N2O2S/c1-12-9-20(10-15(12)19(2)3)18(21)17-14(11-23-4)13-7-5-6-8-16(13)22-17/h5-8,12,15H,9-11H2,1-4H3/t12-,15-/m0/s1. The molecule has 124 valence electrons. The summed E-state index contributed by atoms with van der Waals surface area (Å²) in [6.45, 7) is 3.76. The van der Waals surface area contributed by atoms with Crippen molar-refractivity contribution in [2.45, 2.75) is 18.7 Å². The molecule has 2 atom stereocenters. The minimum atomic E-state index is 0.0291. The summed E-state index contributed by atoms with van der Waals surface area (Å²) >= 11 is 1.72. The number of fused-ring (bicyclic) bond motifs is 1. The first-order chi connectivity index (χ1) is 11.0. The number of likely N-dealkylation sites (tertiary alicyclic amines) is 1. The number of thioether (sulfide) groups is 1. The number of hydrogen-bond donors (Lipinski definition) is 0. The third-order valence-electron chi connectivity index (χ3n) is 4.70. The Labute approximate surface area is 141 Å². The fourth-order valence-corrected chi connectivity index (χ4v) is 4.07. The third kappa shape index (κ3) is 3.00. The predicted molar refractivity (Wildman–Crippen MR) is 96.0 cm³/mol. The third-order valence-corrected chi connectivity index (χ3v) is 5.28. The zero-order chi connectivity index (χ0) is 16.6. The van der Waals surface area contributed by atoms with Gasteiger partial charge in [-0.3, -0.25) is 4.79 Å². The van der Waals surface area contributed by atoms with Crippen molar-refractivity contribution in [3.05, 3.63) is 35.6 Å². The molecule has 5 heteroatoms. The fourth-order valence-electron chi connectivity index (χ4n) is 3.49. The first kappa shape index (κ1) is 16.4. The van der Waals surface area contributed by atoms with Crippen molar-refractivity contribution in [3.63, 3.8) is 0 Å². The summed E-state index contributed by atoms with van der Waals surface area (Å²) in [6, 6.07) is 8.33. The molecule has 3 rings (SSSR count). The molecule has 1 amide bonds. The van der Waals surface area contributed by atoms with Gasteiger partial charge in [0.15, 0.2) is 5.76 Å². The monoisotopic (exact) mass is 332 g/mol. The van der Waals surface area contributed by atoms with Gasteiger partial charge in [0.25, 0.3) is 5.91 Å². The van der Waals surface area contributed by atoms with Gasteiger partial charge in [0.2, 0.25) is 0 Å². The number of furan rings is 1. The molecule has 4 nitrogen and oxygen atoms in total. The van der Waals surface area contributed by atoms with E-state index < -0.39 is 0 Å². The quantitative estimate of drug-likeness (QED) is 0.861. The highest BCUT2D eigenvalue weighted by atomic mass is 32.2. The molecular formula is C18H24N2O2S. The van der Waals surface area contributed by atoms with Gasteiger partial charge in [0.1, 0.15) is 5.58 Å². The van der Waals surface area contributed by atoms with Crippen molar-refractivity contribution < 1.29 is 9.21 Å². The van der Waals surface area contributed by atoms with Crippen LogP contribution in [0, 0.1) is 5.92 Å². The van der Waals surface area contributed by atoms with E-state index in [0.29, 0.717) is 17.7 Å². The zero-order valence-electron chi connectivity index (χ0n) is 14.2. The molecule has 2 heterocycles. The van der Waals surface area contributed by atoms with E-state index in [2.05, 4.69) is 32.2 Å². The Morgan fingerprint density at radius 2 is 2.09 bits per heavy atom. The molecule has 2 aromatic rings. The number of para-hydroxylation sites is 1. The van der Waals surface area contributed by atoms with Crippen LogP contribution in [0.4, 0.5) is 0 Å². The van der Waals surface area contributed by atoms with Crippen molar-refractivity contribution >= 4 is 28.6 Å². The smallest absolute Gasteiger partial charge is 0.289 e. The summed E-state index contributed by atoms with van der Waals surface area (Å²) in [5, 5.41) is 1.06. The number of hydrogen-bond acceptors (Lipinski definition) is 4. The van der Waals surface area contributed by atoms with Crippen LogP contribution in [0.25, 0.3) is 11.0 Å². The maximum atomic E-state index is 13.0. The van der Waals surface area contributed by atoms with E-state index in [-0.39, 0.29) is 5.91 Å². The lowest BCUT2D eigenvalue weighted by Gasteiger charge is -2.22. The molecule has 1 aromatic carbocycles. The first-order valence-electron chi connectivity index (χ1n) is 7.98. The van der Waals surface area contributed by atoms with E-state index in [9.17, 15) is 4.79 Å². The summed E-state index contributed by atoms with van der Waals surface area (Å²) in [4.78, 5) is 17.2. The summed E-state index contributed by atoms with van der Waals surface area (Å²) in [7, 11) is 4.16. The van der Waals surface area contributed by atoms with Crippen LogP contribution in [0.5, 0.6) is 0 Å². The molecule has 0 bridgehead atoms. The van der Waals surface area contributed by atoms with Gasteiger partial charge in [-0.25, -0.2) is 0 Å². The number of carbonyl (C=O) groups excluding carboxylic acids is 1. The molecule has 1 saturated heterocycles. The van der Waals surface area contributed by atoms with Crippen LogP contribution < -0.4 is 0 Å². The van der Waals surface area contributed by atoms with Gasteiger partial charge < -0.3 is 14.2 Å². The fraction of sp³-hybridized carbons (Fsp3) is 0.500. The number of rotatable bonds is 4. The lowest BCUT2D eigenvalue weighted by atomic mass is 10.1. The minimum Gasteiger partial charge on any atom is -0.451 e. The molecule has 1 aliphatic heterocycles. The van der Waals surface area contributed by atoms with E-state index in [0.717, 1.165) is 35.4 Å². The Bertz CT molecular complexity index is 710. The van der Waals surface area contributed by atoms with E-state index in [1.165, 1.54) is 0 Å². The Hall–Kier alpha value is -1.46. The summed E-state index contributed by atoms with van der Waals surface area (Å²) in [6.07, 6.45) is 2.05. The van der Waals surface area contributed by atoms with Gasteiger partial charge in [-0.2, -0.15) is 11.8 Å². The molecule has 23 heavy (non-hydrogen) atoms. The Kier molecular flexibility index (Phi) is 4.69. The van der Waals surface area contributed by atoms with E-state index in [4.69, 9.17) is 4.42 Å². The molecular weight excluding hydrogens is 308 g/mol. The Morgan fingerprint density at radius 1 is 1.35 bits per heavy atom. The predicted octanol–water partition coefficient (Wildman–Crippen LogP) is 3.32.